The Kier molecular flexibility index (Phi) is 5.68. The molecule has 1 heterocycles. The summed E-state index contributed by atoms with van der Waals surface area (Å²) in [5, 5.41) is 20.8. The molecule has 1 saturated heterocycles. The lowest BCUT2D eigenvalue weighted by atomic mass is 9.83. The molecule has 2 aromatic carbocycles. The van der Waals surface area contributed by atoms with Crippen molar-refractivity contribution in [3.8, 4) is 11.5 Å². The van der Waals surface area contributed by atoms with Gasteiger partial charge in [0.15, 0.2) is 11.5 Å². The average molecular weight is 371 g/mol. The summed E-state index contributed by atoms with van der Waals surface area (Å²) in [6.45, 7) is 0.966. The van der Waals surface area contributed by atoms with E-state index in [1.54, 1.807) is 25.3 Å². The van der Waals surface area contributed by atoms with E-state index in [9.17, 15) is 15.0 Å². The van der Waals surface area contributed by atoms with Crippen molar-refractivity contribution in [2.75, 3.05) is 27.3 Å². The molecule has 1 aliphatic heterocycles. The summed E-state index contributed by atoms with van der Waals surface area (Å²) in [4.78, 5) is 13.9. The topological polar surface area (TPSA) is 79.2 Å². The number of rotatable bonds is 6. The van der Waals surface area contributed by atoms with E-state index in [-0.39, 0.29) is 0 Å². The highest BCUT2D eigenvalue weighted by molar-refractivity contribution is 5.76. The quantitative estimate of drug-likeness (QED) is 0.813. The fourth-order valence-electron chi connectivity index (χ4n) is 3.72. The Morgan fingerprint density at radius 1 is 1.04 bits per heavy atom. The molecule has 3 rings (SSSR count). The Morgan fingerprint density at radius 2 is 1.67 bits per heavy atom. The largest absolute Gasteiger partial charge is 0.493 e. The second-order valence-corrected chi connectivity index (χ2v) is 6.79. The zero-order valence-electron chi connectivity index (χ0n) is 15.6. The molecule has 1 fully saturated rings. The minimum atomic E-state index is -0.924. The Morgan fingerprint density at radius 3 is 2.22 bits per heavy atom. The van der Waals surface area contributed by atoms with Crippen molar-refractivity contribution >= 4 is 5.97 Å². The molecule has 0 bridgehead atoms. The van der Waals surface area contributed by atoms with Gasteiger partial charge >= 0.3 is 5.97 Å². The van der Waals surface area contributed by atoms with Crippen LogP contribution in [0.2, 0.25) is 0 Å². The SMILES string of the molecule is COc1ccc(C(C(=O)O)N2CCC(O)(c3ccccc3)CC2)cc1OC. The third-order valence-electron chi connectivity index (χ3n) is 5.26. The van der Waals surface area contributed by atoms with Gasteiger partial charge in [0.05, 0.1) is 19.8 Å². The van der Waals surface area contributed by atoms with Gasteiger partial charge < -0.3 is 19.7 Å². The first kappa shape index (κ1) is 19.2. The van der Waals surface area contributed by atoms with Crippen molar-refractivity contribution in [3.63, 3.8) is 0 Å². The predicted molar refractivity (Wildman–Crippen MR) is 101 cm³/mol. The van der Waals surface area contributed by atoms with Crippen LogP contribution in [0.5, 0.6) is 11.5 Å². The molecule has 0 spiro atoms. The summed E-state index contributed by atoms with van der Waals surface area (Å²) in [7, 11) is 3.07. The number of benzene rings is 2. The Hall–Kier alpha value is -2.57. The predicted octanol–water partition coefficient (Wildman–Crippen LogP) is 2.81. The number of nitrogens with zero attached hydrogens (tertiary/aromatic N) is 1. The molecule has 2 N–H and O–H groups in total. The Balaban J connectivity index is 1.81. The fourth-order valence-corrected chi connectivity index (χ4v) is 3.72. The summed E-state index contributed by atoms with van der Waals surface area (Å²) in [6.07, 6.45) is 0.960. The van der Waals surface area contributed by atoms with Gasteiger partial charge in [0.1, 0.15) is 6.04 Å². The highest BCUT2D eigenvalue weighted by Crippen LogP contribution is 2.37. The number of hydrogen-bond donors (Lipinski definition) is 2. The molecule has 0 saturated carbocycles. The van der Waals surface area contributed by atoms with Crippen molar-refractivity contribution in [1.82, 2.24) is 4.90 Å². The highest BCUT2D eigenvalue weighted by Gasteiger charge is 2.38. The summed E-state index contributed by atoms with van der Waals surface area (Å²) in [6, 6.07) is 13.9. The molecule has 6 nitrogen and oxygen atoms in total. The first-order valence-corrected chi connectivity index (χ1v) is 8.95. The molecule has 0 aromatic heterocycles. The van der Waals surface area contributed by atoms with Crippen LogP contribution in [0, 0.1) is 0 Å². The van der Waals surface area contributed by atoms with Crippen LogP contribution >= 0.6 is 0 Å². The van der Waals surface area contributed by atoms with Crippen molar-refractivity contribution in [1.29, 1.82) is 0 Å². The number of carbonyl (C=O) groups is 1. The summed E-state index contributed by atoms with van der Waals surface area (Å²) in [5.74, 6) is 0.133. The normalized spacial score (nSPS) is 17.9. The van der Waals surface area contributed by atoms with E-state index in [0.29, 0.717) is 43.0 Å². The highest BCUT2D eigenvalue weighted by atomic mass is 16.5. The number of hydrogen-bond acceptors (Lipinski definition) is 5. The van der Waals surface area contributed by atoms with E-state index < -0.39 is 17.6 Å². The number of aliphatic carboxylic acids is 1. The van der Waals surface area contributed by atoms with E-state index in [4.69, 9.17) is 9.47 Å². The minimum absolute atomic E-state index is 0.480. The smallest absolute Gasteiger partial charge is 0.325 e. The molecular formula is C21H25NO5. The minimum Gasteiger partial charge on any atom is -0.493 e. The van der Waals surface area contributed by atoms with E-state index in [0.717, 1.165) is 5.56 Å². The van der Waals surface area contributed by atoms with Gasteiger partial charge in [-0.25, -0.2) is 0 Å². The lowest BCUT2D eigenvalue weighted by molar-refractivity contribution is -0.146. The average Bonchev–Trinajstić information content (AvgIpc) is 2.70. The van der Waals surface area contributed by atoms with Gasteiger partial charge in [-0.3, -0.25) is 9.69 Å². The summed E-state index contributed by atoms with van der Waals surface area (Å²) >= 11 is 0. The second kappa shape index (κ2) is 7.98. The number of carboxylic acid groups (broad SMARTS) is 1. The van der Waals surface area contributed by atoms with Crippen molar-refractivity contribution in [2.45, 2.75) is 24.5 Å². The van der Waals surface area contributed by atoms with Crippen LogP contribution in [0.1, 0.15) is 30.0 Å². The van der Waals surface area contributed by atoms with Gasteiger partial charge in [-0.15, -0.1) is 0 Å². The van der Waals surface area contributed by atoms with Crippen molar-refractivity contribution in [2.24, 2.45) is 0 Å². The molecule has 0 amide bonds. The maximum Gasteiger partial charge on any atom is 0.325 e. The van der Waals surface area contributed by atoms with Crippen LogP contribution in [0.15, 0.2) is 48.5 Å². The number of likely N-dealkylation sites (tertiary alicyclic amines) is 1. The van der Waals surface area contributed by atoms with Gasteiger partial charge in [-0.1, -0.05) is 36.4 Å². The molecule has 1 atom stereocenters. The number of piperidine rings is 1. The molecule has 1 aliphatic rings. The summed E-state index contributed by atoms with van der Waals surface area (Å²) < 4.78 is 10.5. The Labute approximate surface area is 159 Å². The third-order valence-corrected chi connectivity index (χ3v) is 5.26. The number of ether oxygens (including phenoxy) is 2. The number of aliphatic hydroxyl groups is 1. The van der Waals surface area contributed by atoms with Gasteiger partial charge in [0.25, 0.3) is 0 Å². The first-order valence-electron chi connectivity index (χ1n) is 8.95. The van der Waals surface area contributed by atoms with Gasteiger partial charge in [0, 0.05) is 13.1 Å². The molecular weight excluding hydrogens is 346 g/mol. The Bertz CT molecular complexity index is 784. The molecule has 0 aliphatic carbocycles. The van der Waals surface area contributed by atoms with Crippen LogP contribution < -0.4 is 9.47 Å². The van der Waals surface area contributed by atoms with Crippen LogP contribution in [-0.4, -0.2) is 48.4 Å². The van der Waals surface area contributed by atoms with E-state index in [2.05, 4.69) is 0 Å². The first-order chi connectivity index (χ1) is 13.0. The van der Waals surface area contributed by atoms with Gasteiger partial charge in [0.2, 0.25) is 0 Å². The fraction of sp³-hybridized carbons (Fsp3) is 0.381. The van der Waals surface area contributed by atoms with Gasteiger partial charge in [-0.05, 0) is 36.1 Å². The molecule has 144 valence electrons. The number of methoxy groups -OCH3 is 2. The van der Waals surface area contributed by atoms with E-state index in [1.807, 2.05) is 35.2 Å². The van der Waals surface area contributed by atoms with Crippen LogP contribution in [-0.2, 0) is 10.4 Å². The lowest BCUT2D eigenvalue weighted by Gasteiger charge is -2.41. The summed E-state index contributed by atoms with van der Waals surface area (Å²) in [5.41, 5.74) is 0.589. The lowest BCUT2D eigenvalue weighted by Crippen LogP contribution is -2.45. The van der Waals surface area contributed by atoms with Crippen LogP contribution in [0.3, 0.4) is 0 Å². The van der Waals surface area contributed by atoms with Gasteiger partial charge in [-0.2, -0.15) is 0 Å². The monoisotopic (exact) mass is 371 g/mol. The molecule has 6 heteroatoms. The van der Waals surface area contributed by atoms with E-state index >= 15 is 0 Å². The molecule has 27 heavy (non-hydrogen) atoms. The zero-order chi connectivity index (χ0) is 19.4. The molecule has 0 radical (unpaired) electrons. The zero-order valence-corrected chi connectivity index (χ0v) is 15.6. The maximum atomic E-state index is 12.0. The second-order valence-electron chi connectivity index (χ2n) is 6.79. The van der Waals surface area contributed by atoms with E-state index in [1.165, 1.54) is 7.11 Å². The number of carboxylic acids is 1. The third kappa shape index (κ3) is 3.91. The molecule has 1 unspecified atom stereocenters. The van der Waals surface area contributed by atoms with Crippen molar-refractivity contribution in [3.05, 3.63) is 59.7 Å². The van der Waals surface area contributed by atoms with Crippen molar-refractivity contribution < 1.29 is 24.5 Å². The molecule has 2 aromatic rings. The standard InChI is InChI=1S/C21H25NO5/c1-26-17-9-8-15(14-18(17)27-2)19(20(23)24)22-12-10-21(25,11-13-22)16-6-4-3-5-7-16/h3-9,14,19,25H,10-13H2,1-2H3,(H,23,24). The van der Waals surface area contributed by atoms with Crippen LogP contribution in [0.25, 0.3) is 0 Å². The van der Waals surface area contributed by atoms with Crippen LogP contribution in [0.4, 0.5) is 0 Å². The maximum absolute atomic E-state index is 12.0.